The van der Waals surface area contributed by atoms with Crippen LogP contribution in [-0.2, 0) is 19.5 Å². The fourth-order valence-corrected chi connectivity index (χ4v) is 5.95. The molecule has 0 saturated carbocycles. The second-order valence-electron chi connectivity index (χ2n) is 8.70. The number of benzene rings is 1. The highest BCUT2D eigenvalue weighted by molar-refractivity contribution is 7.20. The number of rotatable bonds is 4. The SMILES string of the molecule is Cc1c(C(=O)N(C)Cc2ccc(N3CCCCC3)cc2)sc2nc3n(c(=O)c12)CCC3. The summed E-state index contributed by atoms with van der Waals surface area (Å²) in [7, 11) is 1.82. The Morgan fingerprint density at radius 1 is 1.10 bits per heavy atom. The lowest BCUT2D eigenvalue weighted by Crippen LogP contribution is -2.29. The molecule has 1 saturated heterocycles. The quantitative estimate of drug-likeness (QED) is 0.621. The van der Waals surface area contributed by atoms with Crippen LogP contribution in [0, 0.1) is 6.92 Å². The Morgan fingerprint density at radius 3 is 2.58 bits per heavy atom. The van der Waals surface area contributed by atoms with Crippen LogP contribution in [0.25, 0.3) is 10.2 Å². The molecule has 5 rings (SSSR count). The van der Waals surface area contributed by atoms with Crippen molar-refractivity contribution >= 4 is 33.1 Å². The summed E-state index contributed by atoms with van der Waals surface area (Å²) >= 11 is 1.35. The third kappa shape index (κ3) is 3.65. The van der Waals surface area contributed by atoms with Crippen LogP contribution in [0.15, 0.2) is 29.1 Å². The maximum Gasteiger partial charge on any atom is 0.264 e. The minimum absolute atomic E-state index is 0.00116. The van der Waals surface area contributed by atoms with Crippen molar-refractivity contribution in [1.82, 2.24) is 14.5 Å². The molecule has 162 valence electrons. The summed E-state index contributed by atoms with van der Waals surface area (Å²) in [6.45, 7) is 5.39. The molecule has 0 unspecified atom stereocenters. The number of anilines is 1. The molecule has 0 aliphatic carbocycles. The summed E-state index contributed by atoms with van der Waals surface area (Å²) < 4.78 is 1.77. The largest absolute Gasteiger partial charge is 0.372 e. The first-order valence-electron chi connectivity index (χ1n) is 11.1. The van der Waals surface area contributed by atoms with Crippen LogP contribution in [0.4, 0.5) is 5.69 Å². The number of amides is 1. The molecule has 0 bridgehead atoms. The van der Waals surface area contributed by atoms with E-state index in [0.29, 0.717) is 21.6 Å². The van der Waals surface area contributed by atoms with Gasteiger partial charge in [-0.3, -0.25) is 14.2 Å². The van der Waals surface area contributed by atoms with Gasteiger partial charge in [0.1, 0.15) is 10.7 Å². The fraction of sp³-hybridized carbons (Fsp3) is 0.458. The van der Waals surface area contributed by atoms with Crippen molar-refractivity contribution in [3.05, 3.63) is 56.4 Å². The van der Waals surface area contributed by atoms with Gasteiger partial charge in [0.05, 0.1) is 10.3 Å². The van der Waals surface area contributed by atoms with Crippen LogP contribution < -0.4 is 10.5 Å². The highest BCUT2D eigenvalue weighted by Gasteiger charge is 2.25. The number of piperidine rings is 1. The molecule has 3 aromatic rings. The molecule has 2 aliphatic rings. The van der Waals surface area contributed by atoms with E-state index in [-0.39, 0.29) is 11.5 Å². The molecule has 6 nitrogen and oxygen atoms in total. The maximum atomic E-state index is 13.2. The standard InChI is InChI=1S/C24H28N4O2S/c1-16-20-22(25-19-7-6-14-28(19)23(20)29)31-21(16)24(30)26(2)15-17-8-10-18(11-9-17)27-12-4-3-5-13-27/h8-11H,3-7,12-15H2,1-2H3. The number of nitrogens with zero attached hydrogens (tertiary/aromatic N) is 4. The number of aromatic nitrogens is 2. The first-order valence-corrected chi connectivity index (χ1v) is 12.0. The van der Waals surface area contributed by atoms with Gasteiger partial charge in [0, 0.05) is 45.3 Å². The minimum Gasteiger partial charge on any atom is -0.372 e. The number of carbonyl (C=O) groups is 1. The van der Waals surface area contributed by atoms with E-state index in [1.807, 2.05) is 14.0 Å². The van der Waals surface area contributed by atoms with E-state index in [0.717, 1.165) is 49.4 Å². The van der Waals surface area contributed by atoms with E-state index < -0.39 is 0 Å². The third-order valence-corrected chi connectivity index (χ3v) is 7.70. The molecule has 1 amide bonds. The van der Waals surface area contributed by atoms with Gasteiger partial charge in [-0.15, -0.1) is 11.3 Å². The molecule has 0 N–H and O–H groups in total. The van der Waals surface area contributed by atoms with Crippen molar-refractivity contribution in [3.8, 4) is 0 Å². The number of aryl methyl sites for hydroxylation is 2. The average Bonchev–Trinajstić information content (AvgIpc) is 3.39. The number of fused-ring (bicyclic) bond motifs is 2. The van der Waals surface area contributed by atoms with Crippen molar-refractivity contribution in [3.63, 3.8) is 0 Å². The molecular weight excluding hydrogens is 408 g/mol. The molecule has 7 heteroatoms. The first kappa shape index (κ1) is 20.2. The van der Waals surface area contributed by atoms with Gasteiger partial charge in [-0.2, -0.15) is 0 Å². The molecular formula is C24H28N4O2S. The van der Waals surface area contributed by atoms with Crippen LogP contribution in [0.2, 0.25) is 0 Å². The predicted octanol–water partition coefficient (Wildman–Crippen LogP) is 3.98. The van der Waals surface area contributed by atoms with Gasteiger partial charge in [0.2, 0.25) is 0 Å². The zero-order valence-corrected chi connectivity index (χ0v) is 19.0. The number of thiophene rings is 1. The molecule has 2 aliphatic heterocycles. The molecule has 0 spiro atoms. The van der Waals surface area contributed by atoms with Crippen LogP contribution in [0.3, 0.4) is 0 Å². The number of hydrogen-bond acceptors (Lipinski definition) is 5. The zero-order chi connectivity index (χ0) is 21.5. The highest BCUT2D eigenvalue weighted by Crippen LogP contribution is 2.30. The Morgan fingerprint density at radius 2 is 1.84 bits per heavy atom. The molecule has 4 heterocycles. The predicted molar refractivity (Wildman–Crippen MR) is 125 cm³/mol. The lowest BCUT2D eigenvalue weighted by atomic mass is 10.1. The van der Waals surface area contributed by atoms with Crippen LogP contribution in [0.5, 0.6) is 0 Å². The summed E-state index contributed by atoms with van der Waals surface area (Å²) in [5.41, 5.74) is 3.13. The third-order valence-electron chi connectivity index (χ3n) is 6.53. The summed E-state index contributed by atoms with van der Waals surface area (Å²) in [5.74, 6) is 0.796. The lowest BCUT2D eigenvalue weighted by molar-refractivity contribution is 0.0789. The fourth-order valence-electron chi connectivity index (χ4n) is 4.76. The smallest absolute Gasteiger partial charge is 0.264 e. The minimum atomic E-state index is -0.0508. The van der Waals surface area contributed by atoms with Crippen molar-refractivity contribution in [1.29, 1.82) is 0 Å². The Hall–Kier alpha value is -2.67. The molecule has 2 aromatic heterocycles. The summed E-state index contributed by atoms with van der Waals surface area (Å²) in [4.78, 5) is 36.3. The van der Waals surface area contributed by atoms with E-state index in [9.17, 15) is 9.59 Å². The summed E-state index contributed by atoms with van der Waals surface area (Å²) in [5, 5.41) is 0.610. The van der Waals surface area contributed by atoms with Crippen LogP contribution >= 0.6 is 11.3 Å². The average molecular weight is 437 g/mol. The topological polar surface area (TPSA) is 58.4 Å². The maximum absolute atomic E-state index is 13.2. The monoisotopic (exact) mass is 436 g/mol. The highest BCUT2D eigenvalue weighted by atomic mass is 32.1. The van der Waals surface area contributed by atoms with Gasteiger partial charge in [0.25, 0.3) is 11.5 Å². The second-order valence-corrected chi connectivity index (χ2v) is 9.70. The molecule has 0 radical (unpaired) electrons. The van der Waals surface area contributed by atoms with Crippen molar-refractivity contribution in [2.24, 2.45) is 0 Å². The van der Waals surface area contributed by atoms with Gasteiger partial charge in [-0.1, -0.05) is 12.1 Å². The van der Waals surface area contributed by atoms with Gasteiger partial charge in [-0.05, 0) is 55.9 Å². The molecule has 0 atom stereocenters. The lowest BCUT2D eigenvalue weighted by Gasteiger charge is -2.29. The Labute approximate surface area is 186 Å². The van der Waals surface area contributed by atoms with Crippen molar-refractivity contribution in [2.45, 2.75) is 52.1 Å². The van der Waals surface area contributed by atoms with Gasteiger partial charge < -0.3 is 9.80 Å². The van der Waals surface area contributed by atoms with Crippen LogP contribution in [0.1, 0.15) is 52.3 Å². The summed E-state index contributed by atoms with van der Waals surface area (Å²) in [6, 6.07) is 8.56. The molecule has 1 aromatic carbocycles. The van der Waals surface area contributed by atoms with Gasteiger partial charge in [-0.25, -0.2) is 4.98 Å². The Bertz CT molecular complexity index is 1190. The zero-order valence-electron chi connectivity index (χ0n) is 18.2. The normalized spacial score (nSPS) is 16.0. The van der Waals surface area contributed by atoms with E-state index in [1.165, 1.54) is 36.3 Å². The van der Waals surface area contributed by atoms with E-state index in [4.69, 9.17) is 0 Å². The van der Waals surface area contributed by atoms with Crippen molar-refractivity contribution < 1.29 is 4.79 Å². The van der Waals surface area contributed by atoms with E-state index >= 15 is 0 Å². The molecule has 31 heavy (non-hydrogen) atoms. The first-order chi connectivity index (χ1) is 15.0. The Balaban J connectivity index is 1.35. The van der Waals surface area contributed by atoms with E-state index in [1.54, 1.807) is 9.47 Å². The number of carbonyl (C=O) groups excluding carboxylic acids is 1. The van der Waals surface area contributed by atoms with E-state index in [2.05, 4.69) is 34.1 Å². The molecule has 1 fully saturated rings. The van der Waals surface area contributed by atoms with Crippen LogP contribution in [-0.4, -0.2) is 40.5 Å². The summed E-state index contributed by atoms with van der Waals surface area (Å²) in [6.07, 6.45) is 5.63. The Kier molecular flexibility index (Phi) is 5.30. The second kappa shape index (κ2) is 8.11. The van der Waals surface area contributed by atoms with Gasteiger partial charge >= 0.3 is 0 Å². The van der Waals surface area contributed by atoms with Crippen molar-refractivity contribution in [2.75, 3.05) is 25.0 Å². The van der Waals surface area contributed by atoms with Gasteiger partial charge in [0.15, 0.2) is 0 Å². The number of hydrogen-bond donors (Lipinski definition) is 0.